The number of ether oxygens (including phenoxy) is 2. The number of anilines is 3. The summed E-state index contributed by atoms with van der Waals surface area (Å²) in [6, 6.07) is 19.3. The van der Waals surface area contributed by atoms with E-state index in [2.05, 4.69) is 59.4 Å². The lowest BCUT2D eigenvalue weighted by atomic mass is 9.85. The zero-order chi connectivity index (χ0) is 53.4. The molecule has 20 nitrogen and oxygen atoms in total. The molecule has 21 heteroatoms. The van der Waals surface area contributed by atoms with E-state index in [1.807, 2.05) is 69.6 Å². The zero-order valence-corrected chi connectivity index (χ0v) is 44.3. The number of hydrogen-bond donors (Lipinski definition) is 5. The molecule has 6 aromatic rings. The predicted octanol–water partition coefficient (Wildman–Crippen LogP) is 4.88. The van der Waals surface area contributed by atoms with Gasteiger partial charge in [-0.05, 0) is 80.1 Å². The standard InChI is InChI=1S/C54H68N12O8S/c1-8-21-65-50(70)41-30-56-52(61-48(41)66(65)44-12-9-11-43(59-44)54(6,7)72)58-38-17-19-39(20-18-38)63-25-23-62(24-26-63)22-10-27-73-34-74-32-45(68)60-47(53(3,4)5)51(71)64-31-40(67)28-42(64)49(69)55-29-36-13-15-37(16-14-36)46-35(2)57-33-75-46/h8-9,11-20,30,33,40,42,47,67,72H,1,10,21-29,31-32,34H2,2-7H3,(H,55,69)(H,60,68)(H,56,58,61)/t40?,42?,47-/m1/s1. The lowest BCUT2D eigenvalue weighted by Gasteiger charge is -2.36. The fourth-order valence-corrected chi connectivity index (χ4v) is 10.0. The van der Waals surface area contributed by atoms with Gasteiger partial charge in [-0.2, -0.15) is 4.98 Å². The van der Waals surface area contributed by atoms with E-state index in [0.717, 1.165) is 72.2 Å². The highest BCUT2D eigenvalue weighted by atomic mass is 32.1. The third-order valence-corrected chi connectivity index (χ3v) is 14.3. The van der Waals surface area contributed by atoms with Crippen molar-refractivity contribution in [3.8, 4) is 16.3 Å². The van der Waals surface area contributed by atoms with Crippen molar-refractivity contribution in [1.82, 2.24) is 49.7 Å². The molecule has 5 N–H and O–H groups in total. The number of fused-ring (bicyclic) bond motifs is 1. The average molecular weight is 1050 g/mol. The largest absolute Gasteiger partial charge is 0.391 e. The first kappa shape index (κ1) is 54.4. The number of carbonyl (C=O) groups is 3. The average Bonchev–Trinajstić information content (AvgIpc) is 4.08. The van der Waals surface area contributed by atoms with Crippen LogP contribution in [0.4, 0.5) is 17.3 Å². The zero-order valence-electron chi connectivity index (χ0n) is 43.5. The lowest BCUT2D eigenvalue weighted by molar-refractivity contribution is -0.145. The van der Waals surface area contributed by atoms with E-state index in [9.17, 15) is 29.4 Å². The second-order valence-corrected chi connectivity index (χ2v) is 21.4. The quantitative estimate of drug-likeness (QED) is 0.0367. The molecule has 4 aromatic heterocycles. The number of thiazole rings is 1. The molecular weight excluding hydrogens is 977 g/mol. The SMILES string of the molecule is C=CCn1c(=O)c2cnc(Nc3ccc(N4CCN(CCCOCOCC(=O)N[C@H](C(=O)N5CC(O)CC5C(=O)NCc5ccc(-c6scnc6C)cc5)C(C)(C)C)CC4)cc3)nc2n1-c1cccc(C(C)(C)O)n1. The number of β-amino-alcohol motifs (C(OH)–C–C–N with tert-alkyl or cyclic N) is 1. The van der Waals surface area contributed by atoms with Crippen molar-refractivity contribution < 1.29 is 34.1 Å². The first-order valence-electron chi connectivity index (χ1n) is 25.2. The van der Waals surface area contributed by atoms with Crippen LogP contribution < -0.4 is 26.4 Å². The Bertz CT molecular complexity index is 3010. The summed E-state index contributed by atoms with van der Waals surface area (Å²) in [6.45, 7) is 19.4. The number of likely N-dealkylation sites (tertiary alicyclic amines) is 1. The lowest BCUT2D eigenvalue weighted by Crippen LogP contribution is -2.58. The maximum absolute atomic E-state index is 14.0. The Balaban J connectivity index is 0.741. The Morgan fingerprint density at radius 3 is 2.39 bits per heavy atom. The monoisotopic (exact) mass is 1040 g/mol. The summed E-state index contributed by atoms with van der Waals surface area (Å²) in [5.74, 6) is -0.576. The van der Waals surface area contributed by atoms with Crippen LogP contribution in [0.15, 0.2) is 95.9 Å². The van der Waals surface area contributed by atoms with E-state index in [4.69, 9.17) is 14.5 Å². The van der Waals surface area contributed by atoms with Crippen molar-refractivity contribution in [1.29, 1.82) is 0 Å². The predicted molar refractivity (Wildman–Crippen MR) is 288 cm³/mol. The summed E-state index contributed by atoms with van der Waals surface area (Å²) in [4.78, 5) is 79.4. The Morgan fingerprint density at radius 2 is 1.71 bits per heavy atom. The van der Waals surface area contributed by atoms with E-state index >= 15 is 0 Å². The van der Waals surface area contributed by atoms with Crippen LogP contribution in [0.5, 0.6) is 0 Å². The van der Waals surface area contributed by atoms with Crippen LogP contribution >= 0.6 is 11.3 Å². The molecule has 0 saturated carbocycles. The van der Waals surface area contributed by atoms with Gasteiger partial charge in [0.1, 0.15) is 36.5 Å². The van der Waals surface area contributed by atoms with Gasteiger partial charge in [0.05, 0.1) is 41.0 Å². The molecule has 6 heterocycles. The molecule has 2 fully saturated rings. The molecule has 2 aliphatic rings. The number of allylic oxidation sites excluding steroid dienone is 1. The number of rotatable bonds is 21. The molecule has 0 aliphatic carbocycles. The molecule has 2 saturated heterocycles. The Kier molecular flexibility index (Phi) is 17.2. The van der Waals surface area contributed by atoms with Gasteiger partial charge in [-0.25, -0.2) is 24.3 Å². The van der Waals surface area contributed by atoms with E-state index in [1.54, 1.807) is 54.1 Å². The van der Waals surface area contributed by atoms with Gasteiger partial charge in [0.2, 0.25) is 23.7 Å². The maximum atomic E-state index is 14.0. The number of nitrogens with zero attached hydrogens (tertiary/aromatic N) is 9. The molecule has 2 unspecified atom stereocenters. The van der Waals surface area contributed by atoms with Crippen LogP contribution in [0.2, 0.25) is 0 Å². The Hall–Kier alpha value is -6.88. The van der Waals surface area contributed by atoms with E-state index in [0.29, 0.717) is 35.1 Å². The number of nitrogens with one attached hydrogen (secondary N) is 3. The third kappa shape index (κ3) is 13.3. The van der Waals surface area contributed by atoms with Crippen LogP contribution in [0.1, 0.15) is 64.4 Å². The van der Waals surface area contributed by atoms with Gasteiger partial charge in [0, 0.05) is 69.8 Å². The number of aryl methyl sites for hydroxylation is 1. The summed E-state index contributed by atoms with van der Waals surface area (Å²) in [5.41, 5.74) is 5.22. The summed E-state index contributed by atoms with van der Waals surface area (Å²) in [5, 5.41) is 30.6. The van der Waals surface area contributed by atoms with Gasteiger partial charge < -0.3 is 45.4 Å². The molecule has 2 aliphatic heterocycles. The number of carbonyl (C=O) groups excluding carboxylic acids is 3. The van der Waals surface area contributed by atoms with Crippen LogP contribution in [-0.4, -0.2) is 144 Å². The second-order valence-electron chi connectivity index (χ2n) is 20.5. The van der Waals surface area contributed by atoms with Crippen molar-refractivity contribution in [3.63, 3.8) is 0 Å². The molecule has 75 heavy (non-hydrogen) atoms. The molecule has 0 bridgehead atoms. The number of aromatic nitrogens is 6. The van der Waals surface area contributed by atoms with Crippen molar-refractivity contribution in [3.05, 3.63) is 118 Å². The number of amides is 3. The van der Waals surface area contributed by atoms with Crippen molar-refractivity contribution in [2.24, 2.45) is 5.41 Å². The second kappa shape index (κ2) is 23.8. The van der Waals surface area contributed by atoms with Crippen molar-refractivity contribution >= 4 is 57.4 Å². The molecule has 3 amide bonds. The number of pyridine rings is 1. The van der Waals surface area contributed by atoms with E-state index in [-0.39, 0.29) is 50.9 Å². The van der Waals surface area contributed by atoms with E-state index < -0.39 is 41.0 Å². The number of aliphatic hydroxyl groups is 2. The highest BCUT2D eigenvalue weighted by Gasteiger charge is 2.44. The molecule has 2 aromatic carbocycles. The molecule has 0 radical (unpaired) electrons. The summed E-state index contributed by atoms with van der Waals surface area (Å²) in [7, 11) is 0. The van der Waals surface area contributed by atoms with Gasteiger partial charge in [-0.3, -0.25) is 24.1 Å². The van der Waals surface area contributed by atoms with Gasteiger partial charge in [0.15, 0.2) is 11.5 Å². The molecular formula is C54H68N12O8S. The Morgan fingerprint density at radius 1 is 0.960 bits per heavy atom. The summed E-state index contributed by atoms with van der Waals surface area (Å²) in [6.07, 6.45) is 3.13. The number of benzene rings is 2. The van der Waals surface area contributed by atoms with Gasteiger partial charge in [0.25, 0.3) is 5.56 Å². The third-order valence-electron chi connectivity index (χ3n) is 13.3. The fourth-order valence-electron chi connectivity index (χ4n) is 9.23. The first-order chi connectivity index (χ1) is 35.9. The van der Waals surface area contributed by atoms with Crippen LogP contribution in [0, 0.1) is 12.3 Å². The minimum Gasteiger partial charge on any atom is -0.391 e. The summed E-state index contributed by atoms with van der Waals surface area (Å²) < 4.78 is 14.4. The maximum Gasteiger partial charge on any atom is 0.278 e. The normalized spacial score (nSPS) is 16.8. The fraction of sp³-hybridized carbons (Fsp3) is 0.444. The minimum absolute atomic E-state index is 0.0194. The van der Waals surface area contributed by atoms with Gasteiger partial charge in [-0.1, -0.05) is 57.2 Å². The summed E-state index contributed by atoms with van der Waals surface area (Å²) >= 11 is 1.57. The smallest absolute Gasteiger partial charge is 0.278 e. The van der Waals surface area contributed by atoms with E-state index in [1.165, 1.54) is 15.8 Å². The Labute approximate surface area is 440 Å². The number of piperazine rings is 1. The van der Waals surface area contributed by atoms with Gasteiger partial charge >= 0.3 is 0 Å². The first-order valence-corrected chi connectivity index (χ1v) is 26.1. The van der Waals surface area contributed by atoms with Crippen LogP contribution in [0.3, 0.4) is 0 Å². The highest BCUT2D eigenvalue weighted by molar-refractivity contribution is 7.13. The van der Waals surface area contributed by atoms with Crippen LogP contribution in [-0.2, 0) is 42.5 Å². The number of hydrogen-bond acceptors (Lipinski definition) is 16. The molecule has 8 rings (SSSR count). The minimum atomic E-state index is -1.19. The highest BCUT2D eigenvalue weighted by Crippen LogP contribution is 2.29. The molecule has 3 atom stereocenters. The topological polar surface area (TPSA) is 234 Å². The molecule has 398 valence electrons. The van der Waals surface area contributed by atoms with Crippen LogP contribution in [0.25, 0.3) is 27.3 Å². The number of aliphatic hydroxyl groups excluding tert-OH is 1. The molecule has 0 spiro atoms. The van der Waals surface area contributed by atoms with Crippen molar-refractivity contribution in [2.75, 3.05) is 69.5 Å². The van der Waals surface area contributed by atoms with Gasteiger partial charge in [-0.15, -0.1) is 17.9 Å². The van der Waals surface area contributed by atoms with Crippen molar-refractivity contribution in [2.45, 2.75) is 91.3 Å².